The Kier molecular flexibility index (Phi) is 3.96. The summed E-state index contributed by atoms with van der Waals surface area (Å²) >= 11 is 13.1. The number of hydrogen-bond acceptors (Lipinski definition) is 2. The minimum Gasteiger partial charge on any atom is -0.320 e. The molecule has 108 valence electrons. The first kappa shape index (κ1) is 14.8. The zero-order valence-electron chi connectivity index (χ0n) is 10.6. The first-order valence-corrected chi connectivity index (χ1v) is 8.04. The van der Waals surface area contributed by atoms with Crippen molar-refractivity contribution in [1.29, 1.82) is 0 Å². The van der Waals surface area contributed by atoms with Gasteiger partial charge in [0.15, 0.2) is 0 Å². The van der Waals surface area contributed by atoms with Crippen LogP contribution in [0.5, 0.6) is 0 Å². The van der Waals surface area contributed by atoms with E-state index in [2.05, 4.69) is 41.8 Å². The second-order valence-electron chi connectivity index (χ2n) is 4.64. The predicted octanol–water partition coefficient (Wildman–Crippen LogP) is 4.08. The molecule has 0 aliphatic rings. The molecule has 1 heterocycles. The molecule has 1 aromatic heterocycles. The fraction of sp³-hybridized carbons (Fsp3) is 0.0714. The molecule has 4 nitrogen and oxygen atoms in total. The van der Waals surface area contributed by atoms with Gasteiger partial charge in [-0.1, -0.05) is 49.5 Å². The van der Waals surface area contributed by atoms with Gasteiger partial charge in [-0.3, -0.25) is 0 Å². The largest absolute Gasteiger partial charge is 0.323 e. The number of aromatic amines is 2. The second-order valence-corrected chi connectivity index (χ2v) is 6.82. The average Bonchev–Trinajstić information content (AvgIpc) is 2.76. The summed E-state index contributed by atoms with van der Waals surface area (Å²) in [5, 5.41) is 0.589. The van der Waals surface area contributed by atoms with Crippen LogP contribution in [0.25, 0.3) is 11.0 Å². The summed E-state index contributed by atoms with van der Waals surface area (Å²) in [5.41, 5.74) is 9.19. The third kappa shape index (κ3) is 2.81. The molecule has 2 aromatic carbocycles. The number of aromatic nitrogens is 2. The summed E-state index contributed by atoms with van der Waals surface area (Å²) in [6.45, 7) is 0. The van der Waals surface area contributed by atoms with Gasteiger partial charge < -0.3 is 15.7 Å². The fourth-order valence-electron chi connectivity index (χ4n) is 2.23. The van der Waals surface area contributed by atoms with Crippen LogP contribution >= 0.6 is 43.5 Å². The summed E-state index contributed by atoms with van der Waals surface area (Å²) < 4.78 is 1.71. The molecule has 0 saturated carbocycles. The Hall–Kier alpha value is -1.08. The molecule has 0 fully saturated rings. The van der Waals surface area contributed by atoms with Gasteiger partial charge in [-0.25, -0.2) is 4.79 Å². The molecular weight excluding hydrogens is 421 g/mol. The maximum atomic E-state index is 11.4. The van der Waals surface area contributed by atoms with E-state index in [9.17, 15) is 4.79 Å². The molecule has 4 N–H and O–H groups in total. The highest BCUT2D eigenvalue weighted by atomic mass is 79.9. The molecule has 0 spiro atoms. The molecule has 0 radical (unpaired) electrons. The Morgan fingerprint density at radius 3 is 2.38 bits per heavy atom. The maximum absolute atomic E-state index is 11.4. The van der Waals surface area contributed by atoms with Crippen LogP contribution in [0.2, 0.25) is 5.02 Å². The number of rotatable bonds is 2. The minimum absolute atomic E-state index is 0.246. The van der Waals surface area contributed by atoms with E-state index in [4.69, 9.17) is 17.3 Å². The first-order chi connectivity index (χ1) is 9.95. The quantitative estimate of drug-likeness (QED) is 0.572. The number of benzene rings is 2. The summed E-state index contributed by atoms with van der Waals surface area (Å²) in [4.78, 5) is 16.8. The van der Waals surface area contributed by atoms with Gasteiger partial charge in [-0.2, -0.15) is 0 Å². The van der Waals surface area contributed by atoms with Crippen molar-refractivity contribution in [3.63, 3.8) is 0 Å². The van der Waals surface area contributed by atoms with Crippen molar-refractivity contribution in [1.82, 2.24) is 9.97 Å². The van der Waals surface area contributed by atoms with Crippen LogP contribution in [-0.2, 0) is 0 Å². The number of nitrogens with two attached hydrogens (primary N) is 1. The van der Waals surface area contributed by atoms with Crippen molar-refractivity contribution in [2.75, 3.05) is 0 Å². The van der Waals surface area contributed by atoms with Crippen molar-refractivity contribution < 1.29 is 0 Å². The SMILES string of the molecule is NC(c1ccc(Br)cc1Cl)c1cc2[nH]c(=O)[nH]c2cc1Br. The van der Waals surface area contributed by atoms with E-state index in [0.29, 0.717) is 10.5 Å². The van der Waals surface area contributed by atoms with E-state index in [1.807, 2.05) is 24.3 Å². The van der Waals surface area contributed by atoms with Crippen LogP contribution in [-0.4, -0.2) is 9.97 Å². The standard InChI is InChI=1S/C14H10Br2ClN3O/c15-6-1-2-7(10(17)3-6)13(18)8-4-11-12(5-9(8)16)20-14(21)19-11/h1-5,13H,18H2,(H2,19,20,21). The highest BCUT2D eigenvalue weighted by Crippen LogP contribution is 2.33. The second kappa shape index (κ2) is 5.61. The highest BCUT2D eigenvalue weighted by molar-refractivity contribution is 9.10. The lowest BCUT2D eigenvalue weighted by Gasteiger charge is -2.16. The van der Waals surface area contributed by atoms with Crippen LogP contribution < -0.4 is 11.4 Å². The molecule has 3 aromatic rings. The van der Waals surface area contributed by atoms with Crippen molar-refractivity contribution in [3.05, 3.63) is 65.9 Å². The van der Waals surface area contributed by atoms with Crippen LogP contribution in [0.3, 0.4) is 0 Å². The van der Waals surface area contributed by atoms with Crippen LogP contribution in [0, 0.1) is 0 Å². The van der Waals surface area contributed by atoms with Gasteiger partial charge in [0.25, 0.3) is 0 Å². The third-order valence-electron chi connectivity index (χ3n) is 3.27. The predicted molar refractivity (Wildman–Crippen MR) is 91.8 cm³/mol. The molecule has 3 rings (SSSR count). The highest BCUT2D eigenvalue weighted by Gasteiger charge is 2.17. The molecule has 0 aliphatic carbocycles. The lowest BCUT2D eigenvalue weighted by Crippen LogP contribution is -2.13. The van der Waals surface area contributed by atoms with E-state index >= 15 is 0 Å². The van der Waals surface area contributed by atoms with Crippen LogP contribution in [0.1, 0.15) is 17.2 Å². The number of fused-ring (bicyclic) bond motifs is 1. The van der Waals surface area contributed by atoms with Gasteiger partial charge in [-0.15, -0.1) is 0 Å². The van der Waals surface area contributed by atoms with Crippen molar-refractivity contribution in [2.45, 2.75) is 6.04 Å². The Bertz CT molecular complexity index is 888. The average molecular weight is 432 g/mol. The van der Waals surface area contributed by atoms with E-state index in [1.165, 1.54) is 0 Å². The van der Waals surface area contributed by atoms with Crippen molar-refractivity contribution in [2.24, 2.45) is 5.73 Å². The van der Waals surface area contributed by atoms with Crippen LogP contribution in [0.4, 0.5) is 0 Å². The lowest BCUT2D eigenvalue weighted by atomic mass is 9.99. The molecule has 0 bridgehead atoms. The van der Waals surface area contributed by atoms with Crippen molar-refractivity contribution in [3.8, 4) is 0 Å². The van der Waals surface area contributed by atoms with Crippen molar-refractivity contribution >= 4 is 54.5 Å². The molecule has 1 atom stereocenters. The Labute approximate surface area is 142 Å². The van der Waals surface area contributed by atoms with Gasteiger partial charge in [-0.05, 0) is 35.4 Å². The maximum Gasteiger partial charge on any atom is 0.323 e. The van der Waals surface area contributed by atoms with E-state index < -0.39 is 6.04 Å². The van der Waals surface area contributed by atoms with Gasteiger partial charge in [0, 0.05) is 14.0 Å². The lowest BCUT2D eigenvalue weighted by molar-refractivity contribution is 0.867. The molecule has 21 heavy (non-hydrogen) atoms. The van der Waals surface area contributed by atoms with Gasteiger partial charge >= 0.3 is 5.69 Å². The molecule has 7 heteroatoms. The monoisotopic (exact) mass is 429 g/mol. The van der Waals surface area contributed by atoms with Gasteiger partial charge in [0.05, 0.1) is 17.1 Å². The van der Waals surface area contributed by atoms with Gasteiger partial charge in [0.2, 0.25) is 0 Å². The van der Waals surface area contributed by atoms with E-state index in [-0.39, 0.29) is 5.69 Å². The number of imidazole rings is 1. The van der Waals surface area contributed by atoms with E-state index in [1.54, 1.807) is 6.07 Å². The molecule has 0 amide bonds. The molecule has 0 saturated heterocycles. The number of H-pyrrole nitrogens is 2. The number of halogens is 3. The molecule has 0 aliphatic heterocycles. The number of nitrogens with one attached hydrogen (secondary N) is 2. The van der Waals surface area contributed by atoms with Crippen LogP contribution in [0.15, 0.2) is 44.1 Å². The zero-order chi connectivity index (χ0) is 15.1. The summed E-state index contributed by atoms with van der Waals surface area (Å²) in [5.74, 6) is 0. The minimum atomic E-state index is -0.400. The van der Waals surface area contributed by atoms with Gasteiger partial charge in [0.1, 0.15) is 0 Å². The summed E-state index contributed by atoms with van der Waals surface area (Å²) in [6, 6.07) is 8.86. The zero-order valence-corrected chi connectivity index (χ0v) is 14.5. The fourth-order valence-corrected chi connectivity index (χ4v) is 3.61. The van der Waals surface area contributed by atoms with E-state index in [0.717, 1.165) is 25.6 Å². The smallest absolute Gasteiger partial charge is 0.320 e. The Morgan fingerprint density at radius 1 is 1.05 bits per heavy atom. The normalized spacial score (nSPS) is 12.8. The number of hydrogen-bond donors (Lipinski definition) is 3. The summed E-state index contributed by atoms with van der Waals surface area (Å²) in [7, 11) is 0. The first-order valence-electron chi connectivity index (χ1n) is 6.07. The Morgan fingerprint density at radius 2 is 1.71 bits per heavy atom. The topological polar surface area (TPSA) is 74.7 Å². The third-order valence-corrected chi connectivity index (χ3v) is 4.77. The Balaban J connectivity index is 2.14. The summed E-state index contributed by atoms with van der Waals surface area (Å²) in [6.07, 6.45) is 0. The molecular formula is C14H10Br2ClN3O. The molecule has 1 unspecified atom stereocenters.